The molecule has 2 amide bonds. The molecule has 0 fully saturated rings. The Labute approximate surface area is 150 Å². The van der Waals surface area contributed by atoms with Gasteiger partial charge in [-0.25, -0.2) is 0 Å². The van der Waals surface area contributed by atoms with E-state index in [1.165, 1.54) is 11.3 Å². The van der Waals surface area contributed by atoms with Gasteiger partial charge in [0.15, 0.2) is 6.61 Å². The lowest BCUT2D eigenvalue weighted by molar-refractivity contribution is -0.147. The summed E-state index contributed by atoms with van der Waals surface area (Å²) in [6.07, 6.45) is 0. The molecule has 0 aliphatic carbocycles. The zero-order valence-electron chi connectivity index (χ0n) is 14.1. The number of thiophene rings is 1. The van der Waals surface area contributed by atoms with Crippen LogP contribution in [0.4, 0.5) is 0 Å². The van der Waals surface area contributed by atoms with E-state index in [2.05, 4.69) is 10.6 Å². The highest BCUT2D eigenvalue weighted by Crippen LogP contribution is 2.17. The van der Waals surface area contributed by atoms with Gasteiger partial charge in [0, 0.05) is 10.4 Å². The molecule has 0 saturated carbocycles. The normalized spacial score (nSPS) is 11.4. The third kappa shape index (κ3) is 6.04. The van der Waals surface area contributed by atoms with Gasteiger partial charge in [-0.1, -0.05) is 23.8 Å². The Hall–Kier alpha value is -2.67. The number of hydrogen-bond donors (Lipinski definition) is 2. The van der Waals surface area contributed by atoms with Gasteiger partial charge in [0.05, 0.1) is 6.04 Å². The van der Waals surface area contributed by atoms with E-state index in [9.17, 15) is 14.4 Å². The summed E-state index contributed by atoms with van der Waals surface area (Å²) in [6.45, 7) is 3.06. The van der Waals surface area contributed by atoms with Crippen LogP contribution in [-0.4, -0.2) is 30.9 Å². The Morgan fingerprint density at radius 2 is 2.00 bits per heavy atom. The van der Waals surface area contributed by atoms with Gasteiger partial charge in [0.1, 0.15) is 6.54 Å². The highest BCUT2D eigenvalue weighted by atomic mass is 32.1. The Morgan fingerprint density at radius 3 is 2.68 bits per heavy atom. The lowest BCUT2D eigenvalue weighted by Crippen LogP contribution is -2.34. The molecular weight excluding hydrogens is 340 g/mol. The van der Waals surface area contributed by atoms with Crippen LogP contribution in [0.5, 0.6) is 0 Å². The van der Waals surface area contributed by atoms with Crippen molar-refractivity contribution in [2.24, 2.45) is 0 Å². The van der Waals surface area contributed by atoms with E-state index in [1.54, 1.807) is 18.2 Å². The van der Waals surface area contributed by atoms with Crippen LogP contribution in [-0.2, 0) is 14.3 Å². The van der Waals surface area contributed by atoms with Gasteiger partial charge in [-0.3, -0.25) is 14.4 Å². The lowest BCUT2D eigenvalue weighted by Gasteiger charge is -2.12. The van der Waals surface area contributed by atoms with Crippen LogP contribution in [0.1, 0.15) is 33.8 Å². The highest BCUT2D eigenvalue weighted by Gasteiger charge is 2.13. The smallest absolute Gasteiger partial charge is 0.325 e. The van der Waals surface area contributed by atoms with Gasteiger partial charge in [-0.05, 0) is 37.4 Å². The minimum absolute atomic E-state index is 0.146. The van der Waals surface area contributed by atoms with Crippen LogP contribution in [0, 0.1) is 6.92 Å². The maximum atomic E-state index is 11.9. The Balaban J connectivity index is 1.70. The highest BCUT2D eigenvalue weighted by molar-refractivity contribution is 7.10. The number of benzene rings is 1. The number of ether oxygens (including phenoxy) is 1. The molecule has 25 heavy (non-hydrogen) atoms. The number of carbonyl (C=O) groups is 3. The van der Waals surface area contributed by atoms with Crippen molar-refractivity contribution in [2.45, 2.75) is 19.9 Å². The third-order valence-corrected chi connectivity index (χ3v) is 4.44. The number of aryl methyl sites for hydroxylation is 1. The fourth-order valence-electron chi connectivity index (χ4n) is 2.13. The fourth-order valence-corrected chi connectivity index (χ4v) is 2.86. The summed E-state index contributed by atoms with van der Waals surface area (Å²) in [5.41, 5.74) is 1.42. The average Bonchev–Trinajstić information content (AvgIpc) is 3.12. The van der Waals surface area contributed by atoms with Crippen molar-refractivity contribution in [3.63, 3.8) is 0 Å². The van der Waals surface area contributed by atoms with Gasteiger partial charge in [0.2, 0.25) is 0 Å². The Kier molecular flexibility index (Phi) is 6.71. The summed E-state index contributed by atoms with van der Waals surface area (Å²) in [5, 5.41) is 7.14. The maximum Gasteiger partial charge on any atom is 0.325 e. The van der Waals surface area contributed by atoms with E-state index in [1.807, 2.05) is 37.4 Å². The first kappa shape index (κ1) is 18.7. The third-order valence-electron chi connectivity index (χ3n) is 3.39. The molecule has 2 N–H and O–H groups in total. The Bertz CT molecular complexity index is 743. The van der Waals surface area contributed by atoms with E-state index in [0.717, 1.165) is 10.4 Å². The minimum atomic E-state index is -0.667. The van der Waals surface area contributed by atoms with E-state index >= 15 is 0 Å². The summed E-state index contributed by atoms with van der Waals surface area (Å²) >= 11 is 1.54. The number of amides is 2. The van der Waals surface area contributed by atoms with E-state index < -0.39 is 5.97 Å². The van der Waals surface area contributed by atoms with Crippen molar-refractivity contribution >= 4 is 29.1 Å². The first-order valence-corrected chi connectivity index (χ1v) is 8.67. The van der Waals surface area contributed by atoms with Crippen molar-refractivity contribution in [1.82, 2.24) is 10.6 Å². The van der Waals surface area contributed by atoms with E-state index in [-0.39, 0.29) is 31.0 Å². The molecule has 6 nitrogen and oxygen atoms in total. The summed E-state index contributed by atoms with van der Waals surface area (Å²) in [7, 11) is 0. The number of carbonyl (C=O) groups excluding carboxylic acids is 3. The molecule has 0 bridgehead atoms. The average molecular weight is 360 g/mol. The second-order valence-corrected chi connectivity index (χ2v) is 6.50. The van der Waals surface area contributed by atoms with Crippen molar-refractivity contribution in [3.05, 3.63) is 57.8 Å². The van der Waals surface area contributed by atoms with Crippen molar-refractivity contribution in [2.75, 3.05) is 13.2 Å². The summed E-state index contributed by atoms with van der Waals surface area (Å²) < 4.78 is 4.87. The molecule has 2 aromatic rings. The molecule has 1 atom stereocenters. The minimum Gasteiger partial charge on any atom is -0.454 e. The summed E-state index contributed by atoms with van der Waals surface area (Å²) in [4.78, 5) is 36.4. The lowest BCUT2D eigenvalue weighted by atomic mass is 10.1. The van der Waals surface area contributed by atoms with E-state index in [4.69, 9.17) is 4.74 Å². The first-order valence-electron chi connectivity index (χ1n) is 7.79. The zero-order chi connectivity index (χ0) is 18.2. The van der Waals surface area contributed by atoms with Gasteiger partial charge in [0.25, 0.3) is 11.8 Å². The molecule has 0 unspecified atom stereocenters. The van der Waals surface area contributed by atoms with Gasteiger partial charge >= 0.3 is 5.97 Å². The van der Waals surface area contributed by atoms with Crippen molar-refractivity contribution in [3.8, 4) is 0 Å². The molecule has 1 aromatic carbocycles. The van der Waals surface area contributed by atoms with Crippen LogP contribution in [0.25, 0.3) is 0 Å². The molecule has 2 rings (SSSR count). The molecule has 0 spiro atoms. The maximum absolute atomic E-state index is 11.9. The largest absolute Gasteiger partial charge is 0.454 e. The zero-order valence-corrected chi connectivity index (χ0v) is 14.9. The predicted octanol–water partition coefficient (Wildman–Crippen LogP) is 2.21. The predicted molar refractivity (Wildman–Crippen MR) is 95.3 cm³/mol. The van der Waals surface area contributed by atoms with E-state index in [0.29, 0.717) is 5.56 Å². The molecule has 0 saturated heterocycles. The molecule has 0 radical (unpaired) electrons. The molecule has 0 aliphatic heterocycles. The van der Waals surface area contributed by atoms with Crippen molar-refractivity contribution < 1.29 is 19.1 Å². The van der Waals surface area contributed by atoms with Crippen LogP contribution in [0.3, 0.4) is 0 Å². The summed E-state index contributed by atoms with van der Waals surface area (Å²) in [6, 6.07) is 10.7. The van der Waals surface area contributed by atoms with Gasteiger partial charge < -0.3 is 15.4 Å². The Morgan fingerprint density at radius 1 is 1.20 bits per heavy atom. The SMILES string of the molecule is Cc1cccc(C(=O)NCC(=O)OCC(=O)N[C@H](C)c2cccs2)c1. The van der Waals surface area contributed by atoms with Crippen LogP contribution >= 0.6 is 11.3 Å². The standard InChI is InChI=1S/C18H20N2O4S/c1-12-5-3-6-14(9-12)18(23)19-10-17(22)24-11-16(21)20-13(2)15-7-4-8-25-15/h3-9,13H,10-11H2,1-2H3,(H,19,23)(H,20,21)/t13-/m1/s1. The second kappa shape index (κ2) is 8.98. The van der Waals surface area contributed by atoms with Crippen molar-refractivity contribution in [1.29, 1.82) is 0 Å². The monoisotopic (exact) mass is 360 g/mol. The summed E-state index contributed by atoms with van der Waals surface area (Å²) in [5.74, 6) is -1.42. The van der Waals surface area contributed by atoms with Gasteiger partial charge in [-0.15, -0.1) is 11.3 Å². The van der Waals surface area contributed by atoms with Crippen LogP contribution in [0.2, 0.25) is 0 Å². The molecular formula is C18H20N2O4S. The molecule has 132 valence electrons. The topological polar surface area (TPSA) is 84.5 Å². The number of rotatable bonds is 7. The second-order valence-electron chi connectivity index (χ2n) is 5.52. The number of esters is 1. The number of hydrogen-bond acceptors (Lipinski definition) is 5. The van der Waals surface area contributed by atoms with Crippen LogP contribution in [0.15, 0.2) is 41.8 Å². The first-order chi connectivity index (χ1) is 12.0. The quantitative estimate of drug-likeness (QED) is 0.742. The molecule has 0 aliphatic rings. The van der Waals surface area contributed by atoms with Gasteiger partial charge in [-0.2, -0.15) is 0 Å². The molecule has 7 heteroatoms. The fraction of sp³-hybridized carbons (Fsp3) is 0.278. The van der Waals surface area contributed by atoms with Crippen LogP contribution < -0.4 is 10.6 Å². The molecule has 1 heterocycles. The molecule has 1 aromatic heterocycles. The number of nitrogens with one attached hydrogen (secondary N) is 2.